The Morgan fingerprint density at radius 3 is 2.63 bits per heavy atom. The SMILES string of the molecule is Nc1cc(F)ccc1C(=O)Nc1ccc(Cl)cc1Br. The number of carbonyl (C=O) groups is 1. The summed E-state index contributed by atoms with van der Waals surface area (Å²) in [6.45, 7) is 0. The van der Waals surface area contributed by atoms with Gasteiger partial charge in [0.25, 0.3) is 5.91 Å². The van der Waals surface area contributed by atoms with E-state index in [1.54, 1.807) is 18.2 Å². The Bertz CT molecular complexity index is 649. The predicted octanol–water partition coefficient (Wildman–Crippen LogP) is 4.08. The van der Waals surface area contributed by atoms with Crippen molar-refractivity contribution in [1.29, 1.82) is 0 Å². The van der Waals surface area contributed by atoms with E-state index in [1.807, 2.05) is 0 Å². The minimum absolute atomic E-state index is 0.0857. The van der Waals surface area contributed by atoms with E-state index in [0.29, 0.717) is 15.2 Å². The maximum Gasteiger partial charge on any atom is 0.257 e. The highest BCUT2D eigenvalue weighted by Crippen LogP contribution is 2.26. The van der Waals surface area contributed by atoms with Crippen LogP contribution in [-0.2, 0) is 0 Å². The topological polar surface area (TPSA) is 55.1 Å². The highest BCUT2D eigenvalue weighted by Gasteiger charge is 2.12. The van der Waals surface area contributed by atoms with Gasteiger partial charge in [0.05, 0.1) is 11.3 Å². The Hall–Kier alpha value is -1.59. The van der Waals surface area contributed by atoms with E-state index < -0.39 is 11.7 Å². The number of nitrogen functional groups attached to an aromatic ring is 1. The molecule has 0 unspecified atom stereocenters. The molecule has 6 heteroatoms. The first-order chi connectivity index (χ1) is 8.97. The Morgan fingerprint density at radius 1 is 1.26 bits per heavy atom. The van der Waals surface area contributed by atoms with Gasteiger partial charge in [-0.1, -0.05) is 11.6 Å². The van der Waals surface area contributed by atoms with E-state index in [0.717, 1.165) is 6.07 Å². The van der Waals surface area contributed by atoms with Crippen molar-refractivity contribution in [3.8, 4) is 0 Å². The molecule has 98 valence electrons. The van der Waals surface area contributed by atoms with Crippen LogP contribution >= 0.6 is 27.5 Å². The number of hydrogen-bond donors (Lipinski definition) is 2. The zero-order valence-electron chi connectivity index (χ0n) is 9.58. The van der Waals surface area contributed by atoms with Crippen molar-refractivity contribution in [3.63, 3.8) is 0 Å². The van der Waals surface area contributed by atoms with E-state index in [4.69, 9.17) is 17.3 Å². The zero-order valence-corrected chi connectivity index (χ0v) is 11.9. The summed E-state index contributed by atoms with van der Waals surface area (Å²) in [5.41, 5.74) is 6.46. The van der Waals surface area contributed by atoms with Gasteiger partial charge < -0.3 is 11.1 Å². The summed E-state index contributed by atoms with van der Waals surface area (Å²) in [6.07, 6.45) is 0. The van der Waals surface area contributed by atoms with Gasteiger partial charge in [-0.25, -0.2) is 4.39 Å². The van der Waals surface area contributed by atoms with Gasteiger partial charge in [-0.3, -0.25) is 4.79 Å². The summed E-state index contributed by atoms with van der Waals surface area (Å²) in [4.78, 5) is 12.0. The Morgan fingerprint density at radius 2 is 2.00 bits per heavy atom. The quantitative estimate of drug-likeness (QED) is 0.807. The van der Waals surface area contributed by atoms with Crippen LogP contribution < -0.4 is 11.1 Å². The molecule has 0 aliphatic rings. The second kappa shape index (κ2) is 5.59. The largest absolute Gasteiger partial charge is 0.398 e. The Balaban J connectivity index is 2.25. The number of amides is 1. The first-order valence-corrected chi connectivity index (χ1v) is 6.46. The summed E-state index contributed by atoms with van der Waals surface area (Å²) < 4.78 is 13.6. The molecule has 0 aromatic heterocycles. The smallest absolute Gasteiger partial charge is 0.257 e. The van der Waals surface area contributed by atoms with Crippen LogP contribution in [-0.4, -0.2) is 5.91 Å². The minimum Gasteiger partial charge on any atom is -0.398 e. The second-order valence-electron chi connectivity index (χ2n) is 3.81. The monoisotopic (exact) mass is 342 g/mol. The van der Waals surface area contributed by atoms with Crippen molar-refractivity contribution in [2.75, 3.05) is 11.1 Å². The van der Waals surface area contributed by atoms with Crippen LogP contribution in [0.2, 0.25) is 5.02 Å². The van der Waals surface area contributed by atoms with E-state index in [2.05, 4.69) is 21.2 Å². The first kappa shape index (κ1) is 13.8. The molecule has 1 amide bonds. The highest BCUT2D eigenvalue weighted by atomic mass is 79.9. The highest BCUT2D eigenvalue weighted by molar-refractivity contribution is 9.10. The van der Waals surface area contributed by atoms with Gasteiger partial charge in [0.15, 0.2) is 0 Å². The first-order valence-electron chi connectivity index (χ1n) is 5.29. The van der Waals surface area contributed by atoms with Crippen LogP contribution in [0.5, 0.6) is 0 Å². The molecule has 0 bridgehead atoms. The molecule has 2 rings (SSSR count). The van der Waals surface area contributed by atoms with Gasteiger partial charge in [0.1, 0.15) is 5.82 Å². The number of benzene rings is 2. The van der Waals surface area contributed by atoms with Gasteiger partial charge in [0, 0.05) is 15.2 Å². The summed E-state index contributed by atoms with van der Waals surface area (Å²) in [5.74, 6) is -0.901. The summed E-state index contributed by atoms with van der Waals surface area (Å²) in [7, 11) is 0. The van der Waals surface area contributed by atoms with Gasteiger partial charge in [-0.05, 0) is 52.3 Å². The van der Waals surface area contributed by atoms with Crippen molar-refractivity contribution in [2.24, 2.45) is 0 Å². The fraction of sp³-hybridized carbons (Fsp3) is 0. The third kappa shape index (κ3) is 3.24. The fourth-order valence-electron chi connectivity index (χ4n) is 1.52. The van der Waals surface area contributed by atoms with E-state index in [1.165, 1.54) is 12.1 Å². The van der Waals surface area contributed by atoms with Crippen molar-refractivity contribution in [3.05, 3.63) is 57.3 Å². The molecule has 0 fully saturated rings. The lowest BCUT2D eigenvalue weighted by Gasteiger charge is -2.09. The van der Waals surface area contributed by atoms with E-state index in [9.17, 15) is 9.18 Å². The standard InChI is InChI=1S/C13H9BrClFN2O/c14-10-5-7(15)1-4-12(10)18-13(19)9-3-2-8(16)6-11(9)17/h1-6H,17H2,(H,18,19). The lowest BCUT2D eigenvalue weighted by molar-refractivity contribution is 0.102. The zero-order chi connectivity index (χ0) is 14.0. The van der Waals surface area contributed by atoms with Crippen molar-refractivity contribution < 1.29 is 9.18 Å². The van der Waals surface area contributed by atoms with Gasteiger partial charge in [-0.2, -0.15) is 0 Å². The fourth-order valence-corrected chi connectivity index (χ4v) is 2.30. The average Bonchev–Trinajstić information content (AvgIpc) is 2.32. The van der Waals surface area contributed by atoms with Crippen molar-refractivity contribution in [1.82, 2.24) is 0 Å². The van der Waals surface area contributed by atoms with Gasteiger partial charge in [0.2, 0.25) is 0 Å². The number of halogens is 3. The van der Waals surface area contributed by atoms with Crippen LogP contribution in [0.25, 0.3) is 0 Å². The van der Waals surface area contributed by atoms with Crippen LogP contribution in [0.4, 0.5) is 15.8 Å². The molecular weight excluding hydrogens is 335 g/mol. The Labute approximate surface area is 122 Å². The van der Waals surface area contributed by atoms with Crippen molar-refractivity contribution in [2.45, 2.75) is 0 Å². The molecule has 0 atom stereocenters. The maximum atomic E-state index is 12.9. The Kier molecular flexibility index (Phi) is 4.07. The number of anilines is 2. The van der Waals surface area contributed by atoms with Crippen LogP contribution in [0, 0.1) is 5.82 Å². The molecule has 2 aromatic carbocycles. The maximum absolute atomic E-state index is 12.9. The lowest BCUT2D eigenvalue weighted by Crippen LogP contribution is -2.14. The lowest BCUT2D eigenvalue weighted by atomic mass is 10.1. The molecule has 0 saturated carbocycles. The minimum atomic E-state index is -0.485. The third-order valence-corrected chi connectivity index (χ3v) is 3.33. The number of hydrogen-bond acceptors (Lipinski definition) is 2. The van der Waals surface area contributed by atoms with Gasteiger partial charge in [-0.15, -0.1) is 0 Å². The van der Waals surface area contributed by atoms with E-state index in [-0.39, 0.29) is 11.3 Å². The summed E-state index contributed by atoms with van der Waals surface area (Å²) in [5, 5.41) is 3.21. The predicted molar refractivity (Wildman–Crippen MR) is 77.9 cm³/mol. The molecule has 0 heterocycles. The number of nitrogens with one attached hydrogen (secondary N) is 1. The van der Waals surface area contributed by atoms with Crippen LogP contribution in [0.3, 0.4) is 0 Å². The molecule has 0 radical (unpaired) electrons. The number of rotatable bonds is 2. The average molecular weight is 344 g/mol. The number of carbonyl (C=O) groups excluding carboxylic acids is 1. The molecule has 19 heavy (non-hydrogen) atoms. The molecule has 0 aliphatic carbocycles. The molecule has 2 aromatic rings. The molecule has 3 nitrogen and oxygen atoms in total. The summed E-state index contributed by atoms with van der Waals surface area (Å²) in [6, 6.07) is 8.59. The second-order valence-corrected chi connectivity index (χ2v) is 5.10. The van der Waals surface area contributed by atoms with Crippen LogP contribution in [0.15, 0.2) is 40.9 Å². The molecular formula is C13H9BrClFN2O. The normalized spacial score (nSPS) is 10.3. The van der Waals surface area contributed by atoms with Gasteiger partial charge >= 0.3 is 0 Å². The molecule has 0 saturated heterocycles. The van der Waals surface area contributed by atoms with Crippen LogP contribution in [0.1, 0.15) is 10.4 Å². The van der Waals surface area contributed by atoms with E-state index >= 15 is 0 Å². The molecule has 0 aliphatic heterocycles. The van der Waals surface area contributed by atoms with Crippen molar-refractivity contribution >= 4 is 44.8 Å². The third-order valence-electron chi connectivity index (χ3n) is 2.44. The summed E-state index contributed by atoms with van der Waals surface area (Å²) >= 11 is 9.10. The number of nitrogens with two attached hydrogens (primary N) is 1. The molecule has 0 spiro atoms. The molecule has 3 N–H and O–H groups in total.